The largest absolute Gasteiger partial charge is 0.472 e. The zero-order valence-corrected chi connectivity index (χ0v) is 61.3. The van der Waals surface area contributed by atoms with Crippen LogP contribution >= 0.6 is 7.82 Å². The zero-order chi connectivity index (χ0) is 64.8. The Bertz CT molecular complexity index is 1590. The molecule has 0 aliphatic rings. The van der Waals surface area contributed by atoms with Crippen LogP contribution in [0.1, 0.15) is 406 Å². The Labute approximate surface area is 556 Å². The lowest BCUT2D eigenvalue weighted by Crippen LogP contribution is -2.45. The van der Waals surface area contributed by atoms with Crippen LogP contribution in [-0.2, 0) is 18.4 Å². The van der Waals surface area contributed by atoms with Crippen molar-refractivity contribution in [2.24, 2.45) is 0 Å². The number of aliphatic hydroxyl groups is 1. The molecule has 0 fully saturated rings. The van der Waals surface area contributed by atoms with Gasteiger partial charge in [0.25, 0.3) is 0 Å². The molecule has 89 heavy (non-hydrogen) atoms. The normalized spacial score (nSPS) is 13.7. The van der Waals surface area contributed by atoms with Gasteiger partial charge in [-0.05, 0) is 57.8 Å². The van der Waals surface area contributed by atoms with Gasteiger partial charge < -0.3 is 19.8 Å². The molecule has 0 radical (unpaired) electrons. The van der Waals surface area contributed by atoms with Crippen molar-refractivity contribution in [3.63, 3.8) is 0 Å². The van der Waals surface area contributed by atoms with Crippen LogP contribution < -0.4 is 5.32 Å². The summed E-state index contributed by atoms with van der Waals surface area (Å²) in [6.07, 6.45) is 97.3. The lowest BCUT2D eigenvalue weighted by atomic mass is 10.0. The van der Waals surface area contributed by atoms with Crippen LogP contribution in [0.2, 0.25) is 0 Å². The summed E-state index contributed by atoms with van der Waals surface area (Å²) in [4.78, 5) is 23.5. The summed E-state index contributed by atoms with van der Waals surface area (Å²) in [6.45, 7) is 4.87. The van der Waals surface area contributed by atoms with Gasteiger partial charge in [-0.3, -0.25) is 13.8 Å². The number of nitrogens with one attached hydrogen (secondary N) is 1. The Kier molecular flexibility index (Phi) is 69.5. The highest BCUT2D eigenvalue weighted by Gasteiger charge is 2.28. The minimum atomic E-state index is -4.36. The Morgan fingerprint density at radius 2 is 0.640 bits per heavy atom. The lowest BCUT2D eigenvalue weighted by molar-refractivity contribution is -0.870. The molecule has 0 heterocycles. The van der Waals surface area contributed by atoms with E-state index >= 15 is 0 Å². The fourth-order valence-corrected chi connectivity index (χ4v) is 12.9. The smallest absolute Gasteiger partial charge is 0.387 e. The molecular weight excluding hydrogens is 1120 g/mol. The molecule has 0 spiro atoms. The second-order valence-corrected chi connectivity index (χ2v) is 29.9. The van der Waals surface area contributed by atoms with E-state index in [1.807, 2.05) is 27.2 Å². The van der Waals surface area contributed by atoms with Gasteiger partial charge in [-0.25, -0.2) is 4.57 Å². The van der Waals surface area contributed by atoms with Crippen molar-refractivity contribution in [2.75, 3.05) is 40.9 Å². The maximum atomic E-state index is 13.1. The number of aliphatic hydroxyl groups excluding tert-OH is 1. The van der Waals surface area contributed by atoms with Crippen molar-refractivity contribution in [3.8, 4) is 0 Å². The van der Waals surface area contributed by atoms with Crippen LogP contribution in [0.25, 0.3) is 0 Å². The van der Waals surface area contributed by atoms with E-state index in [0.29, 0.717) is 17.4 Å². The van der Waals surface area contributed by atoms with Crippen molar-refractivity contribution in [1.29, 1.82) is 0 Å². The van der Waals surface area contributed by atoms with Gasteiger partial charge in [-0.1, -0.05) is 390 Å². The van der Waals surface area contributed by atoms with E-state index in [4.69, 9.17) is 9.05 Å². The monoisotopic (exact) mass is 1270 g/mol. The molecule has 0 aromatic rings. The molecular formula is C80H156N2O6P+. The first-order valence-electron chi connectivity index (χ1n) is 39.5. The van der Waals surface area contributed by atoms with Crippen LogP contribution in [0.5, 0.6) is 0 Å². The van der Waals surface area contributed by atoms with Crippen molar-refractivity contribution < 1.29 is 32.9 Å². The standard InChI is InChI=1S/C80H155N2O6P/c1-6-8-10-12-14-16-18-20-22-24-26-28-30-32-34-36-38-39-40-41-42-43-44-46-48-50-52-54-56-58-60-62-64-66-68-70-72-74-80(84)81-78(77-88-89(85,86)87-76-75-82(3,4)5)79(83)73-71-69-67-65-63-61-59-57-55-53-51-49-47-45-37-35-33-31-29-27-25-23-21-19-17-15-13-11-9-7-2/h18,20,24,26,30,32,71,73,78-79,83H,6-17,19,21-23,25,27-29,31,33-70,72,74-77H2,1-5H3,(H-,81,84,85,86)/p+1/b20-18-,26-24-,32-30-,73-71+. The summed E-state index contributed by atoms with van der Waals surface area (Å²) in [5.74, 6) is -0.169. The third-order valence-electron chi connectivity index (χ3n) is 18.3. The molecule has 0 saturated carbocycles. The number of amides is 1. The zero-order valence-electron chi connectivity index (χ0n) is 60.5. The average molecular weight is 1270 g/mol. The number of unbranched alkanes of at least 4 members (excludes halogenated alkanes) is 55. The van der Waals surface area contributed by atoms with E-state index in [1.165, 1.54) is 340 Å². The summed E-state index contributed by atoms with van der Waals surface area (Å²) in [6, 6.07) is -0.848. The van der Waals surface area contributed by atoms with Gasteiger partial charge >= 0.3 is 7.82 Å². The molecule has 0 bridgehead atoms. The van der Waals surface area contributed by atoms with Crippen LogP contribution in [0.15, 0.2) is 48.6 Å². The molecule has 3 atom stereocenters. The van der Waals surface area contributed by atoms with Crippen molar-refractivity contribution >= 4 is 13.7 Å². The molecule has 3 unspecified atom stereocenters. The maximum Gasteiger partial charge on any atom is 0.472 e. The second-order valence-electron chi connectivity index (χ2n) is 28.4. The number of hydrogen-bond donors (Lipinski definition) is 3. The first kappa shape index (κ1) is 87.5. The first-order valence-corrected chi connectivity index (χ1v) is 41.0. The van der Waals surface area contributed by atoms with E-state index in [2.05, 4.69) is 55.6 Å². The summed E-state index contributed by atoms with van der Waals surface area (Å²) >= 11 is 0. The van der Waals surface area contributed by atoms with E-state index in [9.17, 15) is 19.4 Å². The molecule has 0 aliphatic carbocycles. The van der Waals surface area contributed by atoms with Crippen LogP contribution in [0, 0.1) is 0 Å². The maximum absolute atomic E-state index is 13.1. The minimum Gasteiger partial charge on any atom is -0.387 e. The SMILES string of the molecule is CCCCCCC/C=C\C/C=C\C/C=C\CCCCCCCCCCCCCCCCCCCCCCCCC(=O)NC(COP(=O)(O)OCC[N+](C)(C)C)C(O)/C=C/CCCCCCCCCCCCCCCCCCCCCCCCCCCCCC. The quantitative estimate of drug-likeness (QED) is 0.0243. The number of likely N-dealkylation sites (N-methyl/N-ethyl adjacent to an activating group) is 1. The van der Waals surface area contributed by atoms with Gasteiger partial charge in [-0.15, -0.1) is 0 Å². The van der Waals surface area contributed by atoms with Gasteiger partial charge in [0.2, 0.25) is 5.91 Å². The van der Waals surface area contributed by atoms with Gasteiger partial charge in [0.15, 0.2) is 0 Å². The van der Waals surface area contributed by atoms with Crippen molar-refractivity contribution in [1.82, 2.24) is 5.32 Å². The summed E-state index contributed by atoms with van der Waals surface area (Å²) in [5.41, 5.74) is 0. The summed E-state index contributed by atoms with van der Waals surface area (Å²) < 4.78 is 23.9. The van der Waals surface area contributed by atoms with Crippen LogP contribution in [0.4, 0.5) is 0 Å². The molecule has 0 rings (SSSR count). The molecule has 0 aliphatic heterocycles. The van der Waals surface area contributed by atoms with Crippen molar-refractivity contribution in [2.45, 2.75) is 418 Å². The van der Waals surface area contributed by atoms with E-state index in [-0.39, 0.29) is 19.1 Å². The predicted molar refractivity (Wildman–Crippen MR) is 392 cm³/mol. The minimum absolute atomic E-state index is 0.0634. The van der Waals surface area contributed by atoms with Crippen LogP contribution in [0.3, 0.4) is 0 Å². The first-order chi connectivity index (χ1) is 43.5. The lowest BCUT2D eigenvalue weighted by Gasteiger charge is -2.25. The Balaban J connectivity index is 3.96. The summed E-state index contributed by atoms with van der Waals surface area (Å²) in [7, 11) is 1.59. The molecule has 0 aromatic heterocycles. The predicted octanol–water partition coefficient (Wildman–Crippen LogP) is 25.7. The number of nitrogens with zero attached hydrogens (tertiary/aromatic N) is 1. The highest BCUT2D eigenvalue weighted by molar-refractivity contribution is 7.47. The number of phosphoric ester groups is 1. The van der Waals surface area contributed by atoms with E-state index in [1.54, 1.807) is 6.08 Å². The molecule has 0 aromatic carbocycles. The number of rotatable bonds is 74. The number of carbonyl (C=O) groups excluding carboxylic acids is 1. The molecule has 0 saturated heterocycles. The second kappa shape index (κ2) is 70.8. The van der Waals surface area contributed by atoms with Crippen molar-refractivity contribution in [3.05, 3.63) is 48.6 Å². The highest BCUT2D eigenvalue weighted by atomic mass is 31.2. The average Bonchev–Trinajstić information content (AvgIpc) is 3.57. The third-order valence-corrected chi connectivity index (χ3v) is 19.3. The molecule has 9 heteroatoms. The summed E-state index contributed by atoms with van der Waals surface area (Å²) in [5, 5.41) is 14.1. The Hall–Kier alpha value is -1.54. The number of phosphoric acid groups is 1. The number of hydrogen-bond acceptors (Lipinski definition) is 5. The van der Waals surface area contributed by atoms with Gasteiger partial charge in [0.05, 0.1) is 39.9 Å². The van der Waals surface area contributed by atoms with E-state index < -0.39 is 20.0 Å². The Morgan fingerprint density at radius 1 is 0.382 bits per heavy atom. The van der Waals surface area contributed by atoms with Gasteiger partial charge in [-0.2, -0.15) is 0 Å². The molecule has 526 valence electrons. The molecule has 1 amide bonds. The fraction of sp³-hybridized carbons (Fsp3) is 0.887. The van der Waals surface area contributed by atoms with Gasteiger partial charge in [0.1, 0.15) is 13.2 Å². The molecule has 3 N–H and O–H groups in total. The van der Waals surface area contributed by atoms with E-state index in [0.717, 1.165) is 44.9 Å². The Morgan fingerprint density at radius 3 is 0.933 bits per heavy atom. The highest BCUT2D eigenvalue weighted by Crippen LogP contribution is 2.43. The topological polar surface area (TPSA) is 105 Å². The van der Waals surface area contributed by atoms with Crippen LogP contribution in [-0.4, -0.2) is 73.4 Å². The number of allylic oxidation sites excluding steroid dienone is 7. The number of quaternary nitrogens is 1. The molecule has 8 nitrogen and oxygen atoms in total. The van der Waals surface area contributed by atoms with Gasteiger partial charge in [0, 0.05) is 6.42 Å². The fourth-order valence-electron chi connectivity index (χ4n) is 12.2. The number of carbonyl (C=O) groups is 1. The third kappa shape index (κ3) is 73.7.